The third-order valence-corrected chi connectivity index (χ3v) is 19.4. The summed E-state index contributed by atoms with van der Waals surface area (Å²) in [6.45, 7) is 12.9. The minimum Gasteiger partial charge on any atom is -0.463 e. The van der Waals surface area contributed by atoms with E-state index in [1.54, 1.807) is 20.8 Å². The van der Waals surface area contributed by atoms with Gasteiger partial charge in [-0.3, -0.25) is 28.2 Å². The molecule has 6 bridgehead atoms. The van der Waals surface area contributed by atoms with Crippen LogP contribution >= 0.6 is 0 Å². The van der Waals surface area contributed by atoms with Crippen LogP contribution in [0.2, 0.25) is 0 Å². The first kappa shape index (κ1) is 58.2. The summed E-state index contributed by atoms with van der Waals surface area (Å²) in [5.41, 5.74) is -9.38. The molecular formula is C54H82F2O17S. The highest BCUT2D eigenvalue weighted by Gasteiger charge is 2.62. The fourth-order valence-electron chi connectivity index (χ4n) is 15.3. The molecule has 20 heteroatoms. The predicted molar refractivity (Wildman–Crippen MR) is 259 cm³/mol. The second-order valence-electron chi connectivity index (χ2n) is 26.5. The predicted octanol–water partition coefficient (Wildman–Crippen LogP) is 7.68. The quantitative estimate of drug-likeness (QED) is 0.0600. The number of hydrogen-bond donors (Lipinski definition) is 2. The first-order valence-corrected chi connectivity index (χ1v) is 28.3. The van der Waals surface area contributed by atoms with E-state index in [0.29, 0.717) is 52.1 Å². The van der Waals surface area contributed by atoms with E-state index in [9.17, 15) is 41.8 Å². The Labute approximate surface area is 435 Å². The molecule has 12 unspecified atom stereocenters. The van der Waals surface area contributed by atoms with E-state index < -0.39 is 127 Å². The monoisotopic (exact) mass is 1070 g/mol. The molecule has 8 rings (SSSR count). The maximum Gasteiger partial charge on any atom is 0.403 e. The Bertz CT molecular complexity index is 2260. The van der Waals surface area contributed by atoms with Crippen LogP contribution in [0.4, 0.5) is 8.78 Å². The maximum absolute atomic E-state index is 15.4. The number of carbonyl (C=O) groups is 6. The minimum atomic E-state index is -5.49. The maximum atomic E-state index is 15.4. The molecule has 0 aromatic carbocycles. The Kier molecular flexibility index (Phi) is 16.3. The molecule has 0 spiro atoms. The third kappa shape index (κ3) is 12.6. The highest BCUT2D eigenvalue weighted by Crippen LogP contribution is 2.61. The first-order valence-electron chi connectivity index (χ1n) is 26.8. The van der Waals surface area contributed by atoms with Gasteiger partial charge in [-0.2, -0.15) is 17.2 Å². The second-order valence-corrected chi connectivity index (χ2v) is 28.3. The van der Waals surface area contributed by atoms with Crippen molar-refractivity contribution >= 4 is 45.9 Å². The second kappa shape index (κ2) is 20.7. The molecule has 8 aliphatic rings. The summed E-state index contributed by atoms with van der Waals surface area (Å²) in [5, 5.41) is 18.7. The van der Waals surface area contributed by atoms with Gasteiger partial charge in [0.1, 0.15) is 16.8 Å². The number of ether oxygens (including phenoxy) is 6. The van der Waals surface area contributed by atoms with Crippen molar-refractivity contribution in [3.05, 3.63) is 0 Å². The summed E-state index contributed by atoms with van der Waals surface area (Å²) in [5.74, 6) is -6.31. The number of halogens is 2. The van der Waals surface area contributed by atoms with Crippen molar-refractivity contribution in [3.8, 4) is 0 Å². The highest BCUT2D eigenvalue weighted by molar-refractivity contribution is 7.87. The number of rotatable bonds is 22. The smallest absolute Gasteiger partial charge is 0.403 e. The lowest BCUT2D eigenvalue weighted by Crippen LogP contribution is -2.61. The van der Waals surface area contributed by atoms with Gasteiger partial charge in [0.15, 0.2) is 6.61 Å². The number of cyclic esters (lactones) is 1. The average Bonchev–Trinajstić information content (AvgIpc) is 4.06. The van der Waals surface area contributed by atoms with Crippen LogP contribution in [-0.4, -0.2) is 115 Å². The van der Waals surface area contributed by atoms with Gasteiger partial charge in [-0.25, -0.2) is 4.79 Å². The Morgan fingerprint density at radius 2 is 1.50 bits per heavy atom. The molecule has 8 fully saturated rings. The summed E-state index contributed by atoms with van der Waals surface area (Å²) >= 11 is 0. The van der Waals surface area contributed by atoms with Crippen LogP contribution in [0.1, 0.15) is 178 Å². The van der Waals surface area contributed by atoms with Gasteiger partial charge in [-0.1, -0.05) is 6.92 Å². The van der Waals surface area contributed by atoms with Crippen LogP contribution < -0.4 is 0 Å². The molecule has 0 aromatic heterocycles. The molecule has 0 amide bonds. The van der Waals surface area contributed by atoms with Crippen molar-refractivity contribution in [2.24, 2.45) is 63.6 Å². The number of aliphatic hydroxyl groups is 2. The van der Waals surface area contributed by atoms with Crippen LogP contribution in [0.3, 0.4) is 0 Å². The number of carbonyl (C=O) groups excluding carboxylic acids is 6. The van der Waals surface area contributed by atoms with E-state index in [4.69, 9.17) is 28.4 Å². The van der Waals surface area contributed by atoms with Crippen molar-refractivity contribution in [1.29, 1.82) is 0 Å². The van der Waals surface area contributed by atoms with Crippen LogP contribution in [0.15, 0.2) is 0 Å². The SMILES string of the molecule is COS(=O)(=O)C(F)(F)COC(=O)C(C)(C)CC(C)(CC(C)(CC(CC1C(C)C2CC(C(O)CC(=O)OC(C)(C)C)C1C2)C(=O)OC1(C)CCCC1)C(=O)OC1CCOC1=O)C(=O)OC12CC3CC(CC(O)(C3)C1)C2. The topological polar surface area (TPSA) is 242 Å². The lowest BCUT2D eigenvalue weighted by molar-refractivity contribution is -0.228. The van der Waals surface area contributed by atoms with E-state index in [1.807, 2.05) is 6.92 Å². The number of fused-ring (bicyclic) bond motifs is 2. The van der Waals surface area contributed by atoms with Crippen molar-refractivity contribution in [2.45, 2.75) is 218 Å². The molecule has 0 aromatic rings. The van der Waals surface area contributed by atoms with Crippen molar-refractivity contribution in [2.75, 3.05) is 20.3 Å². The number of esters is 6. The standard InChI is InChI=1S/C54H82F2O17S/c1-31-34-18-37(38(19-34)39(57)21-41(58)71-47(2,3)4)36(31)20-35(42(59)72-51(9)14-11-12-15-51)26-49(7,45(62)70-40-13-16-68-43(40)60)28-50(8,27-48(5,6)44(61)69-30-54(55,56)74(65,66)67-10)46(63)73-53-24-32-17-33(25-53)23-52(64,22-32)29-53/h31-40,57,64H,11-30H2,1-10H3. The molecule has 7 aliphatic carbocycles. The number of alkyl halides is 2. The normalized spacial score (nSPS) is 33.7. The van der Waals surface area contributed by atoms with Crippen LogP contribution in [0, 0.1) is 63.6 Å². The zero-order valence-electron chi connectivity index (χ0n) is 45.1. The van der Waals surface area contributed by atoms with Gasteiger partial charge in [-0.15, -0.1) is 0 Å². The van der Waals surface area contributed by atoms with E-state index in [1.165, 1.54) is 27.7 Å². The molecule has 420 valence electrons. The zero-order chi connectivity index (χ0) is 54.8. The van der Waals surface area contributed by atoms with Crippen molar-refractivity contribution in [1.82, 2.24) is 0 Å². The zero-order valence-corrected chi connectivity index (χ0v) is 45.9. The molecule has 0 radical (unpaired) electrons. The van der Waals surface area contributed by atoms with Gasteiger partial charge in [0.2, 0.25) is 6.10 Å². The molecule has 7 saturated carbocycles. The van der Waals surface area contributed by atoms with E-state index in [-0.39, 0.29) is 80.1 Å². The Morgan fingerprint density at radius 3 is 2.05 bits per heavy atom. The van der Waals surface area contributed by atoms with Crippen LogP contribution in [0.25, 0.3) is 0 Å². The molecule has 1 aliphatic heterocycles. The van der Waals surface area contributed by atoms with Crippen LogP contribution in [0.5, 0.6) is 0 Å². The molecular weight excluding hydrogens is 991 g/mol. The van der Waals surface area contributed by atoms with Gasteiger partial charge in [0.05, 0.1) is 54.0 Å². The minimum absolute atomic E-state index is 0.0222. The highest BCUT2D eigenvalue weighted by atomic mass is 32.2. The fourth-order valence-corrected chi connectivity index (χ4v) is 15.8. The van der Waals surface area contributed by atoms with Gasteiger partial charge in [0.25, 0.3) is 0 Å². The first-order chi connectivity index (χ1) is 34.0. The van der Waals surface area contributed by atoms with E-state index >= 15 is 14.4 Å². The van der Waals surface area contributed by atoms with Crippen molar-refractivity contribution < 1.29 is 88.8 Å². The lowest BCUT2D eigenvalue weighted by atomic mass is 9.52. The summed E-state index contributed by atoms with van der Waals surface area (Å²) < 4.78 is 92.5. The molecule has 1 heterocycles. The lowest BCUT2D eigenvalue weighted by Gasteiger charge is -2.59. The molecule has 1 saturated heterocycles. The molecule has 2 N–H and O–H groups in total. The molecule has 17 nitrogen and oxygen atoms in total. The van der Waals surface area contributed by atoms with Gasteiger partial charge in [0, 0.05) is 12.8 Å². The van der Waals surface area contributed by atoms with E-state index in [0.717, 1.165) is 25.7 Å². The number of hydrogen-bond acceptors (Lipinski definition) is 17. The Balaban J connectivity index is 1.26. The Hall–Kier alpha value is -3.49. The Morgan fingerprint density at radius 1 is 0.865 bits per heavy atom. The largest absolute Gasteiger partial charge is 0.463 e. The summed E-state index contributed by atoms with van der Waals surface area (Å²) in [4.78, 5) is 85.6. The van der Waals surface area contributed by atoms with Gasteiger partial charge >= 0.3 is 51.2 Å². The third-order valence-electron chi connectivity index (χ3n) is 18.1. The van der Waals surface area contributed by atoms with Crippen LogP contribution in [-0.2, 0) is 71.5 Å². The summed E-state index contributed by atoms with van der Waals surface area (Å²) in [7, 11) is -4.95. The van der Waals surface area contributed by atoms with Crippen molar-refractivity contribution in [3.63, 3.8) is 0 Å². The van der Waals surface area contributed by atoms with Gasteiger partial charge in [-0.05, 0) is 193 Å². The molecule has 74 heavy (non-hydrogen) atoms. The van der Waals surface area contributed by atoms with Gasteiger partial charge < -0.3 is 38.6 Å². The summed E-state index contributed by atoms with van der Waals surface area (Å²) in [6, 6.07) is 0. The molecule has 12 atom stereocenters. The number of aliphatic hydroxyl groups excluding tert-OH is 1. The summed E-state index contributed by atoms with van der Waals surface area (Å²) in [6.07, 6.45) is 3.71. The fraction of sp³-hybridized carbons (Fsp3) is 0.889. The van der Waals surface area contributed by atoms with E-state index in [2.05, 4.69) is 11.1 Å². The average molecular weight is 1070 g/mol.